The Morgan fingerprint density at radius 1 is 1.17 bits per heavy atom. The Kier molecular flexibility index (Phi) is 8.02. The third kappa shape index (κ3) is 6.10. The highest BCUT2D eigenvalue weighted by molar-refractivity contribution is 8.05. The topological polar surface area (TPSA) is 103 Å². The molecule has 3 aromatic carbocycles. The number of hydrogen-bond donors (Lipinski definition) is 2. The van der Waals surface area contributed by atoms with Crippen LogP contribution in [0.4, 0.5) is 11.4 Å². The van der Waals surface area contributed by atoms with Crippen LogP contribution in [-0.2, 0) is 17.8 Å². The molecule has 8 nitrogen and oxygen atoms in total. The van der Waals surface area contributed by atoms with E-state index in [1.807, 2.05) is 12.1 Å². The van der Waals surface area contributed by atoms with Crippen molar-refractivity contribution < 1.29 is 19.2 Å². The van der Waals surface area contributed by atoms with E-state index in [9.17, 15) is 14.9 Å². The third-order valence-corrected chi connectivity index (χ3v) is 6.75. The van der Waals surface area contributed by atoms with Crippen molar-refractivity contribution in [3.63, 3.8) is 0 Å². The van der Waals surface area contributed by atoms with Gasteiger partial charge in [-0.2, -0.15) is 0 Å². The van der Waals surface area contributed by atoms with Gasteiger partial charge < -0.3 is 20.1 Å². The standard InChI is InChI=1S/C26H24ClN3O5S/c1-3-16-7-9-19(10-8-16)28-26-29-25(31)23(36-26)14-18-12-21(27)24(22(13-18)34-2)35-15-17-5-4-6-20(11-17)30(32)33/h4-14,26,28H,3,15H2,1-2H3,(H,29,31). The van der Waals surface area contributed by atoms with Gasteiger partial charge in [-0.1, -0.05) is 54.6 Å². The van der Waals surface area contributed by atoms with E-state index in [1.165, 1.54) is 36.6 Å². The molecule has 0 aromatic heterocycles. The Morgan fingerprint density at radius 3 is 2.64 bits per heavy atom. The summed E-state index contributed by atoms with van der Waals surface area (Å²) >= 11 is 7.85. The molecule has 0 radical (unpaired) electrons. The number of ether oxygens (including phenoxy) is 2. The maximum Gasteiger partial charge on any atom is 0.269 e. The lowest BCUT2D eigenvalue weighted by atomic mass is 10.1. The molecule has 0 spiro atoms. The van der Waals surface area contributed by atoms with E-state index in [1.54, 1.807) is 30.3 Å². The number of benzene rings is 3. The summed E-state index contributed by atoms with van der Waals surface area (Å²) in [5.74, 6) is 0.504. The van der Waals surface area contributed by atoms with Crippen LogP contribution < -0.4 is 20.1 Å². The number of nitro benzene ring substituents is 1. The van der Waals surface area contributed by atoms with Gasteiger partial charge in [0, 0.05) is 17.8 Å². The zero-order valence-corrected chi connectivity index (χ0v) is 21.2. The van der Waals surface area contributed by atoms with Gasteiger partial charge in [0.2, 0.25) is 0 Å². The summed E-state index contributed by atoms with van der Waals surface area (Å²) in [6, 6.07) is 17.7. The number of nitro groups is 1. The molecule has 1 saturated heterocycles. The Morgan fingerprint density at radius 2 is 1.94 bits per heavy atom. The second kappa shape index (κ2) is 11.4. The zero-order chi connectivity index (χ0) is 25.7. The van der Waals surface area contributed by atoms with Crippen molar-refractivity contribution in [3.8, 4) is 11.5 Å². The van der Waals surface area contributed by atoms with Gasteiger partial charge in [0.25, 0.3) is 11.6 Å². The van der Waals surface area contributed by atoms with E-state index in [2.05, 4.69) is 29.7 Å². The largest absolute Gasteiger partial charge is 0.493 e. The monoisotopic (exact) mass is 525 g/mol. The Balaban J connectivity index is 1.47. The lowest BCUT2D eigenvalue weighted by molar-refractivity contribution is -0.384. The van der Waals surface area contributed by atoms with Gasteiger partial charge in [-0.3, -0.25) is 14.9 Å². The van der Waals surface area contributed by atoms with Gasteiger partial charge in [-0.15, -0.1) is 0 Å². The Hall–Kier alpha value is -3.69. The Labute approximate surface area is 217 Å². The quantitative estimate of drug-likeness (QED) is 0.201. The van der Waals surface area contributed by atoms with Crippen LogP contribution in [0.3, 0.4) is 0 Å². The van der Waals surface area contributed by atoms with Gasteiger partial charge in [0.1, 0.15) is 6.61 Å². The van der Waals surface area contributed by atoms with Gasteiger partial charge in [0.15, 0.2) is 17.0 Å². The predicted molar refractivity (Wildman–Crippen MR) is 142 cm³/mol. The molecule has 3 aromatic rings. The maximum absolute atomic E-state index is 12.5. The average molecular weight is 526 g/mol. The highest BCUT2D eigenvalue weighted by atomic mass is 35.5. The van der Waals surface area contributed by atoms with Crippen LogP contribution in [-0.4, -0.2) is 23.4 Å². The second-order valence-corrected chi connectivity index (χ2v) is 9.48. The number of carbonyl (C=O) groups excluding carboxylic acids is 1. The van der Waals surface area contributed by atoms with E-state index >= 15 is 0 Å². The van der Waals surface area contributed by atoms with Gasteiger partial charge >= 0.3 is 0 Å². The molecule has 2 N–H and O–H groups in total. The summed E-state index contributed by atoms with van der Waals surface area (Å²) in [6.07, 6.45) is 2.70. The molecule has 1 unspecified atom stereocenters. The predicted octanol–water partition coefficient (Wildman–Crippen LogP) is 6.00. The van der Waals surface area contributed by atoms with E-state index in [0.717, 1.165) is 12.1 Å². The number of thioether (sulfide) groups is 1. The van der Waals surface area contributed by atoms with Crippen LogP contribution in [0, 0.1) is 10.1 Å². The van der Waals surface area contributed by atoms with E-state index in [0.29, 0.717) is 32.6 Å². The second-order valence-electron chi connectivity index (χ2n) is 7.92. The molecule has 0 saturated carbocycles. The van der Waals surface area contributed by atoms with Crippen LogP contribution in [0.25, 0.3) is 6.08 Å². The molecule has 10 heteroatoms. The van der Waals surface area contributed by atoms with Gasteiger partial charge in [-0.25, -0.2) is 0 Å². The van der Waals surface area contributed by atoms with Gasteiger partial charge in [0.05, 0.1) is 22.0 Å². The van der Waals surface area contributed by atoms with Crippen LogP contribution in [0.15, 0.2) is 65.6 Å². The highest BCUT2D eigenvalue weighted by Gasteiger charge is 2.27. The SMILES string of the molecule is CCc1ccc(NC2NC(=O)C(=Cc3cc(Cl)c(OCc4cccc([N+](=O)[O-])c4)c(OC)c3)S2)cc1. The number of nitrogens with one attached hydrogen (secondary N) is 2. The average Bonchev–Trinajstić information content (AvgIpc) is 3.21. The summed E-state index contributed by atoms with van der Waals surface area (Å²) < 4.78 is 11.3. The number of non-ortho nitro benzene ring substituents is 1. The maximum atomic E-state index is 12.5. The summed E-state index contributed by atoms with van der Waals surface area (Å²) in [4.78, 5) is 23.6. The molecule has 1 fully saturated rings. The van der Waals surface area contributed by atoms with Crippen molar-refractivity contribution in [2.75, 3.05) is 12.4 Å². The normalized spacial score (nSPS) is 16.0. The molecule has 1 heterocycles. The minimum Gasteiger partial charge on any atom is -0.493 e. The summed E-state index contributed by atoms with van der Waals surface area (Å²) in [5, 5.41) is 17.5. The minimum atomic E-state index is -0.460. The number of hydrogen-bond acceptors (Lipinski definition) is 7. The fourth-order valence-corrected chi connectivity index (χ4v) is 4.84. The first-order chi connectivity index (χ1) is 17.4. The molecule has 0 aliphatic carbocycles. The Bertz CT molecular complexity index is 1310. The number of aryl methyl sites for hydroxylation is 1. The fourth-order valence-electron chi connectivity index (χ4n) is 3.58. The number of carbonyl (C=O) groups is 1. The van der Waals surface area contributed by atoms with Crippen molar-refractivity contribution in [2.45, 2.75) is 25.4 Å². The van der Waals surface area contributed by atoms with Crippen LogP contribution in [0.5, 0.6) is 11.5 Å². The summed E-state index contributed by atoms with van der Waals surface area (Å²) in [7, 11) is 1.49. The number of methoxy groups -OCH3 is 1. The molecule has 0 bridgehead atoms. The smallest absolute Gasteiger partial charge is 0.269 e. The molecular formula is C26H24ClN3O5S. The molecule has 186 valence electrons. The molecule has 1 amide bonds. The lowest BCUT2D eigenvalue weighted by Crippen LogP contribution is -2.30. The van der Waals surface area contributed by atoms with Crippen molar-refractivity contribution >= 4 is 46.7 Å². The van der Waals surface area contributed by atoms with Crippen molar-refractivity contribution in [1.29, 1.82) is 0 Å². The van der Waals surface area contributed by atoms with Crippen molar-refractivity contribution in [3.05, 3.63) is 97.4 Å². The molecule has 4 rings (SSSR count). The first-order valence-electron chi connectivity index (χ1n) is 11.1. The van der Waals surface area contributed by atoms with Crippen molar-refractivity contribution in [2.24, 2.45) is 0 Å². The number of nitrogens with zero attached hydrogens (tertiary/aromatic N) is 1. The number of amides is 1. The molecule has 1 atom stereocenters. The zero-order valence-electron chi connectivity index (χ0n) is 19.6. The summed E-state index contributed by atoms with van der Waals surface area (Å²) in [5.41, 5.74) is 3.13. The number of rotatable bonds is 9. The third-order valence-electron chi connectivity index (χ3n) is 5.44. The molecule has 1 aliphatic heterocycles. The fraction of sp³-hybridized carbons (Fsp3) is 0.192. The molecule has 36 heavy (non-hydrogen) atoms. The minimum absolute atomic E-state index is 0.0192. The van der Waals surface area contributed by atoms with Crippen LogP contribution in [0.2, 0.25) is 5.02 Å². The van der Waals surface area contributed by atoms with E-state index < -0.39 is 4.92 Å². The van der Waals surface area contributed by atoms with Gasteiger partial charge in [-0.05, 0) is 53.5 Å². The molecular weight excluding hydrogens is 502 g/mol. The van der Waals surface area contributed by atoms with Crippen molar-refractivity contribution in [1.82, 2.24) is 5.32 Å². The van der Waals surface area contributed by atoms with Crippen LogP contribution in [0.1, 0.15) is 23.6 Å². The van der Waals surface area contributed by atoms with E-state index in [-0.39, 0.29) is 23.7 Å². The first kappa shape index (κ1) is 25.4. The molecule has 1 aliphatic rings. The highest BCUT2D eigenvalue weighted by Crippen LogP contribution is 2.39. The number of anilines is 1. The first-order valence-corrected chi connectivity index (χ1v) is 12.4. The van der Waals surface area contributed by atoms with Crippen LogP contribution >= 0.6 is 23.4 Å². The lowest BCUT2D eigenvalue weighted by Gasteiger charge is -2.14. The number of halogens is 1. The van der Waals surface area contributed by atoms with E-state index in [4.69, 9.17) is 21.1 Å². The summed E-state index contributed by atoms with van der Waals surface area (Å²) in [6.45, 7) is 2.17.